The molecule has 0 atom stereocenters. The number of amides is 1. The zero-order valence-electron chi connectivity index (χ0n) is 14.2. The number of carbonyl (C=O) groups is 1. The van der Waals surface area contributed by atoms with Crippen LogP contribution in [0.15, 0.2) is 51.8 Å². The Balaban J connectivity index is 1.70. The van der Waals surface area contributed by atoms with Crippen molar-refractivity contribution < 1.29 is 18.3 Å². The molecule has 0 aromatic heterocycles. The number of sulfonamides is 1. The van der Waals surface area contributed by atoms with E-state index in [1.54, 1.807) is 41.3 Å². The average molecular weight is 439 g/mol. The van der Waals surface area contributed by atoms with Crippen LogP contribution in [0.2, 0.25) is 0 Å². The third-order valence-electron chi connectivity index (χ3n) is 4.37. The Bertz CT molecular complexity index is 921. The number of halogens is 1. The van der Waals surface area contributed by atoms with Gasteiger partial charge in [-0.05, 0) is 37.3 Å². The molecule has 26 heavy (non-hydrogen) atoms. The smallest absolute Gasteiger partial charge is 0.257 e. The summed E-state index contributed by atoms with van der Waals surface area (Å²) in [5.41, 5.74) is 1.21. The predicted octanol–water partition coefficient (Wildman–Crippen LogP) is 2.61. The number of carbonyl (C=O) groups excluding carboxylic acids is 1. The molecule has 1 N–H and O–H groups in total. The molecule has 0 saturated carbocycles. The molecule has 138 valence electrons. The summed E-state index contributed by atoms with van der Waals surface area (Å²) in [5, 5.41) is 9.96. The van der Waals surface area contributed by atoms with E-state index in [1.807, 2.05) is 6.92 Å². The molecule has 1 amide bonds. The van der Waals surface area contributed by atoms with E-state index in [4.69, 9.17) is 0 Å². The van der Waals surface area contributed by atoms with Gasteiger partial charge in [0, 0.05) is 30.7 Å². The van der Waals surface area contributed by atoms with Crippen LogP contribution in [0.5, 0.6) is 5.75 Å². The van der Waals surface area contributed by atoms with Crippen LogP contribution in [0.25, 0.3) is 0 Å². The van der Waals surface area contributed by atoms with Crippen LogP contribution in [-0.4, -0.2) is 54.8 Å². The van der Waals surface area contributed by atoms with E-state index in [0.29, 0.717) is 4.47 Å². The van der Waals surface area contributed by atoms with Gasteiger partial charge in [0.15, 0.2) is 0 Å². The van der Waals surface area contributed by atoms with Gasteiger partial charge in [0.05, 0.1) is 10.5 Å². The highest BCUT2D eigenvalue weighted by Gasteiger charge is 2.31. The van der Waals surface area contributed by atoms with Crippen LogP contribution in [0.3, 0.4) is 0 Å². The highest BCUT2D eigenvalue weighted by Crippen LogP contribution is 2.25. The lowest BCUT2D eigenvalue weighted by molar-refractivity contribution is 0.0695. The molecular formula is C18H19BrN2O4S. The Morgan fingerprint density at radius 1 is 1.04 bits per heavy atom. The van der Waals surface area contributed by atoms with Crippen LogP contribution in [0.1, 0.15) is 15.9 Å². The first-order chi connectivity index (χ1) is 12.3. The van der Waals surface area contributed by atoms with Crippen LogP contribution < -0.4 is 0 Å². The van der Waals surface area contributed by atoms with Crippen molar-refractivity contribution in [3.8, 4) is 5.75 Å². The third-order valence-corrected chi connectivity index (χ3v) is 6.78. The number of benzene rings is 2. The molecule has 0 aliphatic carbocycles. The number of aryl methyl sites for hydroxylation is 1. The van der Waals surface area contributed by atoms with Crippen molar-refractivity contribution in [3.05, 3.63) is 58.1 Å². The Morgan fingerprint density at radius 2 is 1.65 bits per heavy atom. The van der Waals surface area contributed by atoms with Gasteiger partial charge in [-0.1, -0.05) is 33.6 Å². The van der Waals surface area contributed by atoms with Crippen molar-refractivity contribution in [2.75, 3.05) is 26.2 Å². The topological polar surface area (TPSA) is 77.9 Å². The van der Waals surface area contributed by atoms with Crippen LogP contribution >= 0.6 is 15.9 Å². The number of aromatic hydroxyl groups is 1. The first-order valence-corrected chi connectivity index (χ1v) is 10.4. The lowest BCUT2D eigenvalue weighted by Gasteiger charge is -2.34. The number of piperazine rings is 1. The van der Waals surface area contributed by atoms with E-state index in [1.165, 1.54) is 10.4 Å². The Kier molecular flexibility index (Phi) is 5.36. The summed E-state index contributed by atoms with van der Waals surface area (Å²) in [6.07, 6.45) is 0. The number of rotatable bonds is 3. The minimum atomic E-state index is -3.57. The van der Waals surface area contributed by atoms with Gasteiger partial charge in [0.25, 0.3) is 5.91 Å². The maximum absolute atomic E-state index is 12.7. The fourth-order valence-electron chi connectivity index (χ4n) is 2.85. The van der Waals surface area contributed by atoms with Crippen molar-refractivity contribution in [3.63, 3.8) is 0 Å². The monoisotopic (exact) mass is 438 g/mol. The zero-order chi connectivity index (χ0) is 18.9. The number of phenolic OH excluding ortho intramolecular Hbond substituents is 1. The summed E-state index contributed by atoms with van der Waals surface area (Å²) in [6, 6.07) is 11.4. The van der Waals surface area contributed by atoms with Gasteiger partial charge in [-0.2, -0.15) is 4.31 Å². The molecule has 2 aromatic carbocycles. The lowest BCUT2D eigenvalue weighted by atomic mass is 10.1. The Morgan fingerprint density at radius 3 is 2.23 bits per heavy atom. The molecule has 0 radical (unpaired) electrons. The summed E-state index contributed by atoms with van der Waals surface area (Å²) in [6.45, 7) is 2.90. The van der Waals surface area contributed by atoms with E-state index >= 15 is 0 Å². The second-order valence-electron chi connectivity index (χ2n) is 6.17. The van der Waals surface area contributed by atoms with E-state index in [2.05, 4.69) is 15.9 Å². The Hall–Kier alpha value is -1.90. The SMILES string of the molecule is Cc1ccc(S(=O)(=O)N2CCN(C(=O)c3ccc(Br)cc3O)CC2)cc1. The van der Waals surface area contributed by atoms with E-state index in [9.17, 15) is 18.3 Å². The molecule has 6 nitrogen and oxygen atoms in total. The van der Waals surface area contributed by atoms with Crippen LogP contribution in [-0.2, 0) is 10.0 Å². The Labute approximate surface area is 161 Å². The van der Waals surface area contributed by atoms with Crippen LogP contribution in [0, 0.1) is 6.92 Å². The summed E-state index contributed by atoms with van der Waals surface area (Å²) in [5.74, 6) is -0.401. The zero-order valence-corrected chi connectivity index (χ0v) is 16.6. The number of phenols is 1. The summed E-state index contributed by atoms with van der Waals surface area (Å²) in [4.78, 5) is 14.4. The first-order valence-electron chi connectivity index (χ1n) is 8.13. The van der Waals surface area contributed by atoms with Crippen molar-refractivity contribution in [2.24, 2.45) is 0 Å². The molecular weight excluding hydrogens is 420 g/mol. The minimum absolute atomic E-state index is 0.0981. The molecule has 1 aliphatic heterocycles. The maximum atomic E-state index is 12.7. The van der Waals surface area contributed by atoms with E-state index in [0.717, 1.165) is 5.56 Å². The standard InChI is InChI=1S/C18H19BrN2O4S/c1-13-2-5-15(6-3-13)26(24,25)21-10-8-20(9-11-21)18(23)16-7-4-14(19)12-17(16)22/h2-7,12,22H,8-11H2,1H3. The van der Waals surface area contributed by atoms with Crippen molar-refractivity contribution in [2.45, 2.75) is 11.8 Å². The normalized spacial score (nSPS) is 15.8. The second kappa shape index (κ2) is 7.38. The van der Waals surface area contributed by atoms with Gasteiger partial charge in [-0.25, -0.2) is 8.42 Å². The van der Waals surface area contributed by atoms with Crippen LogP contribution in [0.4, 0.5) is 0 Å². The largest absolute Gasteiger partial charge is 0.507 e. The molecule has 0 bridgehead atoms. The van der Waals surface area contributed by atoms with Crippen molar-refractivity contribution >= 4 is 31.9 Å². The van der Waals surface area contributed by atoms with E-state index in [-0.39, 0.29) is 48.3 Å². The lowest BCUT2D eigenvalue weighted by Crippen LogP contribution is -2.50. The first kappa shape index (κ1) is 18.9. The maximum Gasteiger partial charge on any atom is 0.257 e. The molecule has 0 spiro atoms. The quantitative estimate of drug-likeness (QED) is 0.798. The second-order valence-corrected chi connectivity index (χ2v) is 9.02. The highest BCUT2D eigenvalue weighted by atomic mass is 79.9. The average Bonchev–Trinajstić information content (AvgIpc) is 2.62. The number of nitrogens with zero attached hydrogens (tertiary/aromatic N) is 2. The number of hydrogen-bond donors (Lipinski definition) is 1. The van der Waals surface area contributed by atoms with Crippen molar-refractivity contribution in [1.29, 1.82) is 0 Å². The van der Waals surface area contributed by atoms with E-state index < -0.39 is 10.0 Å². The molecule has 8 heteroatoms. The van der Waals surface area contributed by atoms with Gasteiger partial charge >= 0.3 is 0 Å². The molecule has 1 aliphatic rings. The fraction of sp³-hybridized carbons (Fsp3) is 0.278. The molecule has 1 heterocycles. The van der Waals surface area contributed by atoms with Gasteiger partial charge in [0.2, 0.25) is 10.0 Å². The molecule has 3 rings (SSSR count). The highest BCUT2D eigenvalue weighted by molar-refractivity contribution is 9.10. The molecule has 1 saturated heterocycles. The van der Waals surface area contributed by atoms with Gasteiger partial charge in [0.1, 0.15) is 5.75 Å². The molecule has 0 unspecified atom stereocenters. The van der Waals surface area contributed by atoms with Gasteiger partial charge in [-0.3, -0.25) is 4.79 Å². The summed E-state index contributed by atoms with van der Waals surface area (Å²) in [7, 11) is -3.57. The summed E-state index contributed by atoms with van der Waals surface area (Å²) < 4.78 is 27.5. The van der Waals surface area contributed by atoms with Gasteiger partial charge in [-0.15, -0.1) is 0 Å². The van der Waals surface area contributed by atoms with Crippen molar-refractivity contribution in [1.82, 2.24) is 9.21 Å². The number of hydrogen-bond acceptors (Lipinski definition) is 4. The molecule has 2 aromatic rings. The third kappa shape index (κ3) is 3.77. The fourth-order valence-corrected chi connectivity index (χ4v) is 4.62. The molecule has 1 fully saturated rings. The summed E-state index contributed by atoms with van der Waals surface area (Å²) >= 11 is 3.24. The minimum Gasteiger partial charge on any atom is -0.507 e. The van der Waals surface area contributed by atoms with Gasteiger partial charge < -0.3 is 10.0 Å². The predicted molar refractivity (Wildman–Crippen MR) is 102 cm³/mol.